The predicted octanol–water partition coefficient (Wildman–Crippen LogP) is 13.8. The Morgan fingerprint density at radius 1 is 0.472 bits per heavy atom. The molecule has 0 aromatic rings. The van der Waals surface area contributed by atoms with E-state index in [9.17, 15) is 20.1 Å². The smallest absolute Gasteiger partial charge is 0.222 e. The van der Waals surface area contributed by atoms with Gasteiger partial charge in [-0.25, -0.2) is 0 Å². The molecule has 4 N–H and O–H groups in total. The van der Waals surface area contributed by atoms with Crippen molar-refractivity contribution in [3.63, 3.8) is 0 Å². The van der Waals surface area contributed by atoms with Crippen LogP contribution in [0.3, 0.4) is 0 Å². The first-order valence-electron chi connectivity index (χ1n) is 23.6. The summed E-state index contributed by atoms with van der Waals surface area (Å²) >= 11 is 0. The molecule has 314 valence electrons. The van der Waals surface area contributed by atoms with E-state index in [1.807, 2.05) is 6.08 Å². The first-order valence-corrected chi connectivity index (χ1v) is 23.6. The van der Waals surface area contributed by atoms with Gasteiger partial charge in [-0.3, -0.25) is 4.79 Å². The molecule has 0 radical (unpaired) electrons. The van der Waals surface area contributed by atoms with Crippen molar-refractivity contribution in [3.8, 4) is 0 Å². The maximum atomic E-state index is 12.4. The van der Waals surface area contributed by atoms with Gasteiger partial charge in [0.1, 0.15) is 0 Å². The number of hydrogen-bond acceptors (Lipinski definition) is 4. The Morgan fingerprint density at radius 3 is 1.21 bits per heavy atom. The van der Waals surface area contributed by atoms with Gasteiger partial charge in [0.05, 0.1) is 31.3 Å². The molecule has 0 bridgehead atoms. The zero-order valence-electron chi connectivity index (χ0n) is 35.7. The Kier molecular flexibility index (Phi) is 42.6. The maximum absolute atomic E-state index is 12.4. The lowest BCUT2D eigenvalue weighted by Gasteiger charge is -2.21. The molecule has 5 heteroatoms. The van der Waals surface area contributed by atoms with Crippen molar-refractivity contribution in [2.45, 2.75) is 270 Å². The van der Waals surface area contributed by atoms with Crippen LogP contribution >= 0.6 is 0 Å². The molecule has 5 nitrogen and oxygen atoms in total. The molecule has 0 aliphatic rings. The van der Waals surface area contributed by atoms with Crippen LogP contribution in [0.25, 0.3) is 0 Å². The lowest BCUT2D eigenvalue weighted by molar-refractivity contribution is -0.124. The minimum absolute atomic E-state index is 0.00957. The second kappa shape index (κ2) is 43.6. The summed E-state index contributed by atoms with van der Waals surface area (Å²) in [6, 6.07) is -0.757. The topological polar surface area (TPSA) is 89.8 Å². The predicted molar refractivity (Wildman–Crippen MR) is 231 cm³/mol. The number of carbonyl (C=O) groups is 1. The fourth-order valence-electron chi connectivity index (χ4n) is 7.36. The molecule has 0 spiro atoms. The number of unbranched alkanes of at least 4 members (excludes halogenated alkanes) is 32. The number of amides is 1. The van der Waals surface area contributed by atoms with Crippen LogP contribution in [0.2, 0.25) is 0 Å². The van der Waals surface area contributed by atoms with Gasteiger partial charge < -0.3 is 20.6 Å². The van der Waals surface area contributed by atoms with Crippen molar-refractivity contribution in [3.05, 3.63) is 24.3 Å². The van der Waals surface area contributed by atoms with Crippen molar-refractivity contribution in [1.82, 2.24) is 5.32 Å². The number of allylic oxidation sites excluding steroid dienone is 3. The van der Waals surface area contributed by atoms with Crippen LogP contribution in [-0.4, -0.2) is 46.1 Å². The van der Waals surface area contributed by atoms with Crippen molar-refractivity contribution in [2.75, 3.05) is 6.61 Å². The van der Waals surface area contributed by atoms with Gasteiger partial charge in [-0.1, -0.05) is 237 Å². The van der Waals surface area contributed by atoms with E-state index in [1.54, 1.807) is 6.08 Å². The molecule has 0 aromatic carbocycles. The summed E-state index contributed by atoms with van der Waals surface area (Å²) in [5.41, 5.74) is 0. The standard InChI is InChI=1S/C48H93NO4/c1-3-5-7-9-11-13-15-17-19-20-21-22-23-24-25-26-27-28-30-32-34-36-38-40-42-47(52)46(44-50)49-48(53)43-45(51)41-39-37-35-33-31-29-18-16-14-12-10-8-6-4-2/h32,34,40,42,45-47,50-52H,3-31,33,35-39,41,43-44H2,1-2H3,(H,49,53)/b34-32+,42-40+. The van der Waals surface area contributed by atoms with Gasteiger partial charge in [0.15, 0.2) is 0 Å². The fraction of sp³-hybridized carbons (Fsp3) is 0.896. The quantitative estimate of drug-likeness (QED) is 0.0369. The van der Waals surface area contributed by atoms with E-state index in [1.165, 1.54) is 193 Å². The first-order chi connectivity index (χ1) is 26.0. The molecule has 0 heterocycles. The molecule has 0 aliphatic carbocycles. The molecule has 53 heavy (non-hydrogen) atoms. The number of aliphatic hydroxyl groups is 3. The Bertz CT molecular complexity index is 784. The Morgan fingerprint density at radius 2 is 0.811 bits per heavy atom. The summed E-state index contributed by atoms with van der Waals surface area (Å²) in [5.74, 6) is -0.322. The molecule has 0 saturated heterocycles. The number of aliphatic hydroxyl groups excluding tert-OH is 3. The summed E-state index contributed by atoms with van der Waals surface area (Å²) in [6.07, 6.45) is 53.4. The molecule has 3 unspecified atom stereocenters. The molecule has 3 atom stereocenters. The highest BCUT2D eigenvalue weighted by atomic mass is 16.3. The summed E-state index contributed by atoms with van der Waals surface area (Å²) in [6.45, 7) is 4.22. The lowest BCUT2D eigenvalue weighted by Crippen LogP contribution is -2.45. The van der Waals surface area contributed by atoms with Gasteiger partial charge >= 0.3 is 0 Å². The largest absolute Gasteiger partial charge is 0.394 e. The molecule has 0 aliphatic heterocycles. The van der Waals surface area contributed by atoms with Gasteiger partial charge in [0.25, 0.3) is 0 Å². The van der Waals surface area contributed by atoms with Crippen LogP contribution in [-0.2, 0) is 4.79 Å². The van der Waals surface area contributed by atoms with E-state index in [-0.39, 0.29) is 18.9 Å². The van der Waals surface area contributed by atoms with Crippen molar-refractivity contribution < 1.29 is 20.1 Å². The van der Waals surface area contributed by atoms with Crippen LogP contribution < -0.4 is 5.32 Å². The minimum Gasteiger partial charge on any atom is -0.394 e. The van der Waals surface area contributed by atoms with Gasteiger partial charge in [0.2, 0.25) is 5.91 Å². The van der Waals surface area contributed by atoms with Crippen LogP contribution in [0.15, 0.2) is 24.3 Å². The monoisotopic (exact) mass is 748 g/mol. The van der Waals surface area contributed by atoms with Gasteiger partial charge in [-0.05, 0) is 32.1 Å². The molecule has 0 fully saturated rings. The van der Waals surface area contributed by atoms with E-state index in [0.717, 1.165) is 32.1 Å². The normalized spacial score (nSPS) is 13.7. The third kappa shape index (κ3) is 40.3. The van der Waals surface area contributed by atoms with E-state index in [2.05, 4.69) is 31.3 Å². The van der Waals surface area contributed by atoms with E-state index in [4.69, 9.17) is 0 Å². The Labute approximate surface area is 331 Å². The molecule has 0 rings (SSSR count). The van der Waals surface area contributed by atoms with Crippen molar-refractivity contribution in [2.24, 2.45) is 0 Å². The van der Waals surface area contributed by atoms with Crippen LogP contribution in [0.1, 0.15) is 251 Å². The van der Waals surface area contributed by atoms with Gasteiger partial charge in [-0.2, -0.15) is 0 Å². The van der Waals surface area contributed by atoms with E-state index in [0.29, 0.717) is 6.42 Å². The first kappa shape index (κ1) is 51.8. The SMILES string of the molecule is CCCCCCCCCCCCCCCCCCCC/C=C/CC/C=C/C(O)C(CO)NC(=O)CC(O)CCCCCCCCCCCCCCCC. The van der Waals surface area contributed by atoms with Crippen LogP contribution in [0.4, 0.5) is 0 Å². The number of hydrogen-bond donors (Lipinski definition) is 4. The average molecular weight is 748 g/mol. The highest BCUT2D eigenvalue weighted by Gasteiger charge is 2.20. The summed E-state index contributed by atoms with van der Waals surface area (Å²) in [5, 5.41) is 33.2. The number of rotatable bonds is 43. The molecule has 0 saturated carbocycles. The van der Waals surface area contributed by atoms with E-state index < -0.39 is 18.2 Å². The molecular formula is C48H93NO4. The van der Waals surface area contributed by atoms with Gasteiger partial charge in [0, 0.05) is 0 Å². The van der Waals surface area contributed by atoms with E-state index >= 15 is 0 Å². The third-order valence-electron chi connectivity index (χ3n) is 11.0. The number of carbonyl (C=O) groups excluding carboxylic acids is 1. The minimum atomic E-state index is -0.949. The van der Waals surface area contributed by atoms with Crippen molar-refractivity contribution >= 4 is 5.91 Å². The molecule has 0 aromatic heterocycles. The summed E-state index contributed by atoms with van der Waals surface area (Å²) in [7, 11) is 0. The zero-order chi connectivity index (χ0) is 38.7. The van der Waals surface area contributed by atoms with Crippen molar-refractivity contribution in [1.29, 1.82) is 0 Å². The highest BCUT2D eigenvalue weighted by molar-refractivity contribution is 5.76. The second-order valence-electron chi connectivity index (χ2n) is 16.4. The highest BCUT2D eigenvalue weighted by Crippen LogP contribution is 2.16. The average Bonchev–Trinajstić information content (AvgIpc) is 3.15. The molecular weight excluding hydrogens is 655 g/mol. The Balaban J connectivity index is 3.65. The maximum Gasteiger partial charge on any atom is 0.222 e. The second-order valence-corrected chi connectivity index (χ2v) is 16.4. The lowest BCUT2D eigenvalue weighted by atomic mass is 10.0. The molecule has 1 amide bonds. The summed E-state index contributed by atoms with van der Waals surface area (Å²) < 4.78 is 0. The number of nitrogens with one attached hydrogen (secondary N) is 1. The van der Waals surface area contributed by atoms with Crippen LogP contribution in [0, 0.1) is 0 Å². The summed E-state index contributed by atoms with van der Waals surface area (Å²) in [4.78, 5) is 12.4. The third-order valence-corrected chi connectivity index (χ3v) is 11.0. The fourth-order valence-corrected chi connectivity index (χ4v) is 7.36. The zero-order valence-corrected chi connectivity index (χ0v) is 35.7. The Hall–Kier alpha value is -1.17. The van der Waals surface area contributed by atoms with Crippen LogP contribution in [0.5, 0.6) is 0 Å². The van der Waals surface area contributed by atoms with Gasteiger partial charge in [-0.15, -0.1) is 0 Å².